The Balaban J connectivity index is 2.76. The third kappa shape index (κ3) is 2.79. The van der Waals surface area contributed by atoms with Crippen LogP contribution in [0.5, 0.6) is 0 Å². The highest BCUT2D eigenvalue weighted by Crippen LogP contribution is 2.11. The van der Waals surface area contributed by atoms with E-state index in [4.69, 9.17) is 0 Å². The fourth-order valence-corrected chi connectivity index (χ4v) is 1.90. The Morgan fingerprint density at radius 1 is 1.58 bits per heavy atom. The van der Waals surface area contributed by atoms with E-state index < -0.39 is 9.84 Å². The van der Waals surface area contributed by atoms with Crippen molar-refractivity contribution in [2.45, 2.75) is 6.92 Å². The van der Waals surface area contributed by atoms with Gasteiger partial charge in [0, 0.05) is 10.3 Å². The molecule has 0 bridgehead atoms. The highest BCUT2D eigenvalue weighted by Gasteiger charge is 1.99. The molecule has 66 valence electrons. The second-order valence-corrected chi connectivity index (χ2v) is 5.42. The summed E-state index contributed by atoms with van der Waals surface area (Å²) in [6.07, 6.45) is 1.63. The molecule has 4 heteroatoms. The molecule has 0 amide bonds. The highest BCUT2D eigenvalue weighted by atomic mass is 32.2. The zero-order valence-corrected chi connectivity index (χ0v) is 8.36. The van der Waals surface area contributed by atoms with Crippen molar-refractivity contribution in [1.82, 2.24) is 0 Å². The van der Waals surface area contributed by atoms with Crippen molar-refractivity contribution in [3.05, 3.63) is 27.8 Å². The van der Waals surface area contributed by atoms with Crippen molar-refractivity contribution in [1.29, 1.82) is 0 Å². The van der Waals surface area contributed by atoms with Crippen molar-refractivity contribution >= 4 is 27.3 Å². The van der Waals surface area contributed by atoms with E-state index in [0.717, 1.165) is 4.88 Å². The average molecular weight is 202 g/mol. The first-order chi connectivity index (χ1) is 5.64. The Kier molecular flexibility index (Phi) is 3.05. The minimum Gasteiger partial charge on any atom is -0.224 e. The number of hydrogen-bond donors (Lipinski definition) is 0. The quantitative estimate of drug-likeness (QED) is 0.752. The van der Waals surface area contributed by atoms with Gasteiger partial charge in [-0.3, -0.25) is 0 Å². The number of thiophene rings is 1. The van der Waals surface area contributed by atoms with Gasteiger partial charge in [0.15, 0.2) is 9.84 Å². The Hall–Kier alpha value is -0.610. The van der Waals surface area contributed by atoms with Crippen LogP contribution in [0.25, 0.3) is 6.08 Å². The van der Waals surface area contributed by atoms with Gasteiger partial charge in [0.25, 0.3) is 0 Å². The summed E-state index contributed by atoms with van der Waals surface area (Å²) in [7, 11) is -2.97. The predicted molar refractivity (Wildman–Crippen MR) is 52.8 cm³/mol. The van der Waals surface area contributed by atoms with Crippen LogP contribution in [0.2, 0.25) is 0 Å². The van der Waals surface area contributed by atoms with Gasteiger partial charge in [-0.05, 0) is 17.5 Å². The Labute approximate surface area is 76.5 Å². The maximum absolute atomic E-state index is 11.0. The van der Waals surface area contributed by atoms with Crippen LogP contribution < -0.4 is 0 Å². The fraction of sp³-hybridized carbons (Fsp3) is 0.250. The predicted octanol–water partition coefficient (Wildman–Crippen LogP) is 2.15. The molecule has 0 aliphatic carbocycles. The molecule has 1 aromatic heterocycles. The molecule has 0 atom stereocenters. The molecular formula is C8H10O2S2. The minimum atomic E-state index is -2.97. The van der Waals surface area contributed by atoms with E-state index in [1.807, 2.05) is 17.5 Å². The van der Waals surface area contributed by atoms with Gasteiger partial charge in [-0.25, -0.2) is 8.42 Å². The van der Waals surface area contributed by atoms with Crippen LogP contribution in [-0.4, -0.2) is 14.2 Å². The Morgan fingerprint density at radius 2 is 2.33 bits per heavy atom. The molecule has 12 heavy (non-hydrogen) atoms. The van der Waals surface area contributed by atoms with E-state index >= 15 is 0 Å². The first kappa shape index (κ1) is 9.48. The monoisotopic (exact) mass is 202 g/mol. The zero-order valence-electron chi connectivity index (χ0n) is 6.73. The molecule has 0 aliphatic rings. The zero-order chi connectivity index (χ0) is 9.03. The molecular weight excluding hydrogens is 192 g/mol. The molecule has 1 heterocycles. The summed E-state index contributed by atoms with van der Waals surface area (Å²) in [6, 6.07) is 3.77. The van der Waals surface area contributed by atoms with Crippen molar-refractivity contribution in [2.24, 2.45) is 0 Å². The lowest BCUT2D eigenvalue weighted by atomic mass is 10.5. The third-order valence-corrected chi connectivity index (χ3v) is 3.58. The lowest BCUT2D eigenvalue weighted by Crippen LogP contribution is -1.96. The van der Waals surface area contributed by atoms with Crippen LogP contribution in [0, 0.1) is 0 Å². The summed E-state index contributed by atoms with van der Waals surface area (Å²) >= 11 is 1.52. The van der Waals surface area contributed by atoms with Gasteiger partial charge in [-0.15, -0.1) is 11.3 Å². The average Bonchev–Trinajstić information content (AvgIpc) is 2.53. The molecule has 0 aliphatic heterocycles. The van der Waals surface area contributed by atoms with Crippen LogP contribution in [-0.2, 0) is 9.84 Å². The molecule has 0 saturated heterocycles. The van der Waals surface area contributed by atoms with E-state index in [-0.39, 0.29) is 5.75 Å². The van der Waals surface area contributed by atoms with Crippen molar-refractivity contribution in [2.75, 3.05) is 5.75 Å². The molecule has 0 fully saturated rings. The molecule has 0 unspecified atom stereocenters. The smallest absolute Gasteiger partial charge is 0.171 e. The van der Waals surface area contributed by atoms with Gasteiger partial charge in [0.2, 0.25) is 0 Å². The summed E-state index contributed by atoms with van der Waals surface area (Å²) in [5.74, 6) is 0.162. The van der Waals surface area contributed by atoms with E-state index in [1.54, 1.807) is 13.0 Å². The summed E-state index contributed by atoms with van der Waals surface area (Å²) in [4.78, 5) is 0.965. The maximum atomic E-state index is 11.0. The third-order valence-electron chi connectivity index (χ3n) is 1.39. The van der Waals surface area contributed by atoms with E-state index in [1.165, 1.54) is 16.7 Å². The van der Waals surface area contributed by atoms with Gasteiger partial charge in [0.1, 0.15) is 0 Å². The lowest BCUT2D eigenvalue weighted by molar-refractivity contribution is 0.606. The number of sulfone groups is 1. The summed E-state index contributed by atoms with van der Waals surface area (Å²) in [6.45, 7) is 1.63. The summed E-state index contributed by atoms with van der Waals surface area (Å²) in [5, 5.41) is 3.18. The van der Waals surface area contributed by atoms with Crippen LogP contribution >= 0.6 is 11.3 Å². The van der Waals surface area contributed by atoms with Crippen molar-refractivity contribution < 1.29 is 8.42 Å². The largest absolute Gasteiger partial charge is 0.224 e. The molecule has 1 rings (SSSR count). The Morgan fingerprint density at radius 3 is 2.83 bits per heavy atom. The fourth-order valence-electron chi connectivity index (χ4n) is 0.653. The van der Waals surface area contributed by atoms with Crippen LogP contribution in [0.15, 0.2) is 22.9 Å². The second kappa shape index (κ2) is 3.87. The van der Waals surface area contributed by atoms with E-state index in [0.29, 0.717) is 0 Å². The normalized spacial score (nSPS) is 12.4. The van der Waals surface area contributed by atoms with E-state index in [2.05, 4.69) is 0 Å². The van der Waals surface area contributed by atoms with Gasteiger partial charge < -0.3 is 0 Å². The first-order valence-corrected chi connectivity index (χ1v) is 6.18. The summed E-state index contributed by atoms with van der Waals surface area (Å²) < 4.78 is 22.0. The second-order valence-electron chi connectivity index (χ2n) is 2.27. The number of rotatable bonds is 3. The minimum absolute atomic E-state index is 0.162. The van der Waals surface area contributed by atoms with Crippen LogP contribution in [0.1, 0.15) is 11.8 Å². The van der Waals surface area contributed by atoms with Crippen LogP contribution in [0.3, 0.4) is 0 Å². The molecule has 1 aromatic rings. The van der Waals surface area contributed by atoms with Crippen molar-refractivity contribution in [3.63, 3.8) is 0 Å². The molecule has 0 aromatic carbocycles. The Bertz CT molecular complexity index is 346. The standard InChI is InChI=1S/C8H10O2S2/c1-2-12(9,10)7-5-8-4-3-6-11-8/h3-7H,2H2,1H3. The number of hydrogen-bond acceptors (Lipinski definition) is 3. The molecule has 2 nitrogen and oxygen atoms in total. The summed E-state index contributed by atoms with van der Waals surface area (Å²) in [5.41, 5.74) is 0. The van der Waals surface area contributed by atoms with Gasteiger partial charge in [-0.1, -0.05) is 13.0 Å². The molecule has 0 N–H and O–H groups in total. The van der Waals surface area contributed by atoms with Gasteiger partial charge >= 0.3 is 0 Å². The SMILES string of the molecule is CCS(=O)(=O)C=Cc1cccs1. The highest BCUT2D eigenvalue weighted by molar-refractivity contribution is 7.94. The van der Waals surface area contributed by atoms with Gasteiger partial charge in [0.05, 0.1) is 5.75 Å². The topological polar surface area (TPSA) is 34.1 Å². The van der Waals surface area contributed by atoms with Crippen LogP contribution in [0.4, 0.5) is 0 Å². The lowest BCUT2D eigenvalue weighted by Gasteiger charge is -1.88. The molecule has 0 saturated carbocycles. The van der Waals surface area contributed by atoms with Crippen molar-refractivity contribution in [3.8, 4) is 0 Å². The first-order valence-electron chi connectivity index (χ1n) is 3.58. The maximum Gasteiger partial charge on any atom is 0.171 e. The molecule has 0 spiro atoms. The van der Waals surface area contributed by atoms with Gasteiger partial charge in [-0.2, -0.15) is 0 Å². The molecule has 0 radical (unpaired) electrons. The van der Waals surface area contributed by atoms with E-state index in [9.17, 15) is 8.42 Å².